The molecule has 1 aliphatic carbocycles. The van der Waals surface area contributed by atoms with E-state index in [9.17, 15) is 30.8 Å². The third-order valence-electron chi connectivity index (χ3n) is 4.27. The Labute approximate surface area is 153 Å². The number of nitriles is 2. The Balaban J connectivity index is 2.51. The maximum absolute atomic E-state index is 11.3. The van der Waals surface area contributed by atoms with Gasteiger partial charge in [-0.3, -0.25) is 20.2 Å². The molecule has 0 heterocycles. The largest absolute Gasteiger partial charge is 0.369 e. The second-order valence-electron chi connectivity index (χ2n) is 6.00. The van der Waals surface area contributed by atoms with E-state index in [1.807, 2.05) is 12.1 Å². The highest BCUT2D eigenvalue weighted by atomic mass is 16.6. The number of rotatable bonds is 3. The summed E-state index contributed by atoms with van der Waals surface area (Å²) in [4.78, 5) is 22.8. The summed E-state index contributed by atoms with van der Waals surface area (Å²) < 4.78 is 0. The molecule has 0 saturated heterocycles. The summed E-state index contributed by atoms with van der Waals surface area (Å²) in [5, 5.41) is 41.6. The minimum atomic E-state index is -0.619. The lowest BCUT2D eigenvalue weighted by Crippen LogP contribution is -2.12. The lowest BCUT2D eigenvalue weighted by Gasteiger charge is -2.15. The minimum absolute atomic E-state index is 0.0698. The standard InChI is InChI=1S/C18H11N5O4/c1-21(2)16(9-20)18-14-6-11(22(24)25)3-4-13(14)17-10(8-19)5-12(23(26)27)7-15(17)18/h3-7H,1-2H3/b18-16+. The van der Waals surface area contributed by atoms with Crippen LogP contribution in [0.5, 0.6) is 0 Å². The SMILES string of the molecule is CN(C)/C(C#N)=C1\c2cc([N+](=O)[O-])ccc2-c2c(C#N)cc([N+](=O)[O-])cc21. The Morgan fingerprint density at radius 2 is 1.59 bits per heavy atom. The van der Waals surface area contributed by atoms with Crippen molar-refractivity contribution in [2.45, 2.75) is 0 Å². The van der Waals surface area contributed by atoms with E-state index in [0.717, 1.165) is 6.07 Å². The van der Waals surface area contributed by atoms with Gasteiger partial charge in [0.2, 0.25) is 0 Å². The molecule has 0 amide bonds. The van der Waals surface area contributed by atoms with Crippen molar-refractivity contribution in [2.24, 2.45) is 0 Å². The summed E-state index contributed by atoms with van der Waals surface area (Å²) in [6.07, 6.45) is 0. The van der Waals surface area contributed by atoms with Crippen molar-refractivity contribution in [1.82, 2.24) is 4.90 Å². The van der Waals surface area contributed by atoms with Crippen LogP contribution in [-0.4, -0.2) is 28.8 Å². The molecular weight excluding hydrogens is 350 g/mol. The third-order valence-corrected chi connectivity index (χ3v) is 4.27. The van der Waals surface area contributed by atoms with Crippen LogP contribution in [0.1, 0.15) is 16.7 Å². The fourth-order valence-electron chi connectivity index (χ4n) is 3.16. The van der Waals surface area contributed by atoms with Crippen LogP contribution in [-0.2, 0) is 0 Å². The average molecular weight is 361 g/mol. The van der Waals surface area contributed by atoms with Crippen molar-refractivity contribution in [3.05, 3.63) is 72.9 Å². The fraction of sp³-hybridized carbons (Fsp3) is 0.111. The summed E-state index contributed by atoms with van der Waals surface area (Å²) in [7, 11) is 3.26. The minimum Gasteiger partial charge on any atom is -0.369 e. The third kappa shape index (κ3) is 2.64. The molecule has 0 spiro atoms. The van der Waals surface area contributed by atoms with Gasteiger partial charge in [-0.15, -0.1) is 0 Å². The predicted molar refractivity (Wildman–Crippen MR) is 95.2 cm³/mol. The zero-order valence-corrected chi connectivity index (χ0v) is 14.3. The second-order valence-corrected chi connectivity index (χ2v) is 6.00. The molecule has 0 saturated carbocycles. The Morgan fingerprint density at radius 3 is 2.11 bits per heavy atom. The van der Waals surface area contributed by atoms with Crippen LogP contribution in [0.2, 0.25) is 0 Å². The molecule has 0 unspecified atom stereocenters. The number of fused-ring (bicyclic) bond motifs is 3. The number of nitro groups is 2. The highest BCUT2D eigenvalue weighted by Gasteiger charge is 2.33. The fourth-order valence-corrected chi connectivity index (χ4v) is 3.16. The van der Waals surface area contributed by atoms with Gasteiger partial charge in [0, 0.05) is 55.1 Å². The van der Waals surface area contributed by atoms with Gasteiger partial charge in [-0.2, -0.15) is 10.5 Å². The Hall–Kier alpha value is -4.24. The first-order valence-corrected chi connectivity index (χ1v) is 7.64. The van der Waals surface area contributed by atoms with Crippen LogP contribution in [0, 0.1) is 42.9 Å². The number of benzene rings is 2. The van der Waals surface area contributed by atoms with Crippen LogP contribution in [0.3, 0.4) is 0 Å². The summed E-state index contributed by atoms with van der Waals surface area (Å²) in [6.45, 7) is 0. The van der Waals surface area contributed by atoms with Crippen LogP contribution >= 0.6 is 0 Å². The van der Waals surface area contributed by atoms with Crippen molar-refractivity contribution in [2.75, 3.05) is 14.1 Å². The van der Waals surface area contributed by atoms with Gasteiger partial charge < -0.3 is 4.90 Å². The molecule has 0 atom stereocenters. The second kappa shape index (κ2) is 6.24. The molecular formula is C18H11N5O4. The van der Waals surface area contributed by atoms with E-state index in [1.54, 1.807) is 14.1 Å². The van der Waals surface area contributed by atoms with Crippen molar-refractivity contribution in [3.63, 3.8) is 0 Å². The Bertz CT molecular complexity index is 1140. The molecule has 0 radical (unpaired) electrons. The van der Waals surface area contributed by atoms with Gasteiger partial charge in [0.15, 0.2) is 0 Å². The number of non-ortho nitro benzene ring substituents is 2. The van der Waals surface area contributed by atoms with Crippen molar-refractivity contribution in [3.8, 4) is 23.3 Å². The van der Waals surface area contributed by atoms with Crippen molar-refractivity contribution in [1.29, 1.82) is 10.5 Å². The monoisotopic (exact) mass is 361 g/mol. The molecule has 9 nitrogen and oxygen atoms in total. The molecule has 27 heavy (non-hydrogen) atoms. The summed E-state index contributed by atoms with van der Waals surface area (Å²) >= 11 is 0. The van der Waals surface area contributed by atoms with Gasteiger partial charge in [0.25, 0.3) is 11.4 Å². The van der Waals surface area contributed by atoms with E-state index in [0.29, 0.717) is 27.8 Å². The van der Waals surface area contributed by atoms with Crippen LogP contribution in [0.4, 0.5) is 11.4 Å². The quantitative estimate of drug-likeness (QED) is 0.396. The number of nitro benzene ring substituents is 2. The molecule has 2 aromatic carbocycles. The Kier molecular flexibility index (Phi) is 4.06. The predicted octanol–water partition coefficient (Wildman–Crippen LogP) is 3.20. The maximum Gasteiger partial charge on any atom is 0.271 e. The van der Waals surface area contributed by atoms with E-state index >= 15 is 0 Å². The first-order valence-electron chi connectivity index (χ1n) is 7.64. The number of nitrogens with zero attached hydrogens (tertiary/aromatic N) is 5. The normalized spacial score (nSPS) is 13.0. The van der Waals surface area contributed by atoms with Crippen LogP contribution < -0.4 is 0 Å². The highest BCUT2D eigenvalue weighted by molar-refractivity contribution is 6.05. The maximum atomic E-state index is 11.3. The van der Waals surface area contributed by atoms with Gasteiger partial charge in [0.05, 0.1) is 15.4 Å². The van der Waals surface area contributed by atoms with Crippen LogP contribution in [0.15, 0.2) is 36.0 Å². The van der Waals surface area contributed by atoms with E-state index in [-0.39, 0.29) is 22.6 Å². The molecule has 9 heteroatoms. The van der Waals surface area contributed by atoms with Gasteiger partial charge in [-0.1, -0.05) is 0 Å². The highest BCUT2D eigenvalue weighted by Crippen LogP contribution is 2.49. The van der Waals surface area contributed by atoms with E-state index in [4.69, 9.17) is 0 Å². The van der Waals surface area contributed by atoms with Crippen molar-refractivity contribution >= 4 is 16.9 Å². The molecule has 0 aliphatic heterocycles. The van der Waals surface area contributed by atoms with Gasteiger partial charge in [0.1, 0.15) is 17.8 Å². The Morgan fingerprint density at radius 1 is 0.963 bits per heavy atom. The summed E-state index contributed by atoms with van der Waals surface area (Å²) in [6, 6.07) is 10.6. The lowest BCUT2D eigenvalue weighted by molar-refractivity contribution is -0.385. The van der Waals surface area contributed by atoms with E-state index in [2.05, 4.69) is 0 Å². The first kappa shape index (κ1) is 17.6. The molecule has 132 valence electrons. The molecule has 0 N–H and O–H groups in total. The zero-order valence-electron chi connectivity index (χ0n) is 14.3. The molecule has 0 aromatic heterocycles. The summed E-state index contributed by atoms with van der Waals surface area (Å²) in [5.41, 5.74) is 1.79. The molecule has 2 aromatic rings. The van der Waals surface area contributed by atoms with E-state index in [1.165, 1.54) is 29.2 Å². The smallest absolute Gasteiger partial charge is 0.271 e. The topological polar surface area (TPSA) is 137 Å². The molecule has 1 aliphatic rings. The van der Waals surface area contributed by atoms with E-state index < -0.39 is 9.85 Å². The molecule has 0 bridgehead atoms. The van der Waals surface area contributed by atoms with Crippen LogP contribution in [0.25, 0.3) is 16.7 Å². The molecule has 0 fully saturated rings. The van der Waals surface area contributed by atoms with Gasteiger partial charge >= 0.3 is 0 Å². The summed E-state index contributed by atoms with van der Waals surface area (Å²) in [5.74, 6) is 0. The molecule has 3 rings (SSSR count). The lowest BCUT2D eigenvalue weighted by atomic mass is 9.98. The van der Waals surface area contributed by atoms with Gasteiger partial charge in [-0.25, -0.2) is 0 Å². The first-order chi connectivity index (χ1) is 12.8. The number of allylic oxidation sites excluding steroid dienone is 1. The number of hydrogen-bond acceptors (Lipinski definition) is 7. The average Bonchev–Trinajstić information content (AvgIpc) is 2.95. The number of hydrogen-bond donors (Lipinski definition) is 0. The van der Waals surface area contributed by atoms with Gasteiger partial charge in [-0.05, 0) is 17.2 Å². The zero-order chi connectivity index (χ0) is 19.9. The van der Waals surface area contributed by atoms with Crippen molar-refractivity contribution < 1.29 is 9.85 Å².